The molecule has 1 heterocycles. The second-order valence-corrected chi connectivity index (χ2v) is 8.36. The van der Waals surface area contributed by atoms with Crippen molar-refractivity contribution in [3.05, 3.63) is 70.1 Å². The summed E-state index contributed by atoms with van der Waals surface area (Å²) in [6.07, 6.45) is 2.62. The summed E-state index contributed by atoms with van der Waals surface area (Å²) in [6, 6.07) is 15.5. The Morgan fingerprint density at radius 2 is 1.87 bits per heavy atom. The molecule has 2 aromatic rings. The fraction of sp³-hybridized carbons (Fsp3) is 0.292. The van der Waals surface area contributed by atoms with E-state index in [1.54, 1.807) is 6.08 Å². The molecule has 6 nitrogen and oxygen atoms in total. The summed E-state index contributed by atoms with van der Waals surface area (Å²) in [4.78, 5) is 38.3. The van der Waals surface area contributed by atoms with Crippen molar-refractivity contribution in [3.63, 3.8) is 0 Å². The van der Waals surface area contributed by atoms with Gasteiger partial charge < -0.3 is 10.1 Å². The van der Waals surface area contributed by atoms with Gasteiger partial charge in [0.1, 0.15) is 5.75 Å². The van der Waals surface area contributed by atoms with Crippen molar-refractivity contribution in [3.8, 4) is 5.75 Å². The van der Waals surface area contributed by atoms with Crippen LogP contribution in [0.1, 0.15) is 29.5 Å². The Morgan fingerprint density at radius 3 is 2.61 bits per heavy atom. The molecule has 0 bridgehead atoms. The predicted octanol–water partition coefficient (Wildman–Crippen LogP) is 4.32. The molecule has 0 aliphatic carbocycles. The molecular formula is C24H26N2O4S. The first-order chi connectivity index (χ1) is 14.9. The Balaban J connectivity index is 1.38. The average Bonchev–Trinajstić information content (AvgIpc) is 3.00. The maximum absolute atomic E-state index is 12.5. The van der Waals surface area contributed by atoms with Gasteiger partial charge in [0.05, 0.1) is 11.5 Å². The van der Waals surface area contributed by atoms with Gasteiger partial charge >= 0.3 is 0 Å². The quantitative estimate of drug-likeness (QED) is 0.466. The van der Waals surface area contributed by atoms with Gasteiger partial charge in [0.15, 0.2) is 0 Å². The second kappa shape index (κ2) is 10.8. The maximum atomic E-state index is 12.5. The Bertz CT molecular complexity index is 985. The van der Waals surface area contributed by atoms with E-state index in [1.807, 2.05) is 62.4 Å². The lowest BCUT2D eigenvalue weighted by atomic mass is 10.1. The number of imide groups is 1. The van der Waals surface area contributed by atoms with Crippen LogP contribution in [0.3, 0.4) is 0 Å². The van der Waals surface area contributed by atoms with Gasteiger partial charge in [0.2, 0.25) is 5.91 Å². The summed E-state index contributed by atoms with van der Waals surface area (Å²) < 4.78 is 5.63. The molecule has 1 fully saturated rings. The number of hydrogen-bond acceptors (Lipinski definition) is 5. The molecule has 7 heteroatoms. The topological polar surface area (TPSA) is 75.7 Å². The van der Waals surface area contributed by atoms with Gasteiger partial charge in [-0.25, -0.2) is 0 Å². The summed E-state index contributed by atoms with van der Waals surface area (Å²) >= 11 is 0.925. The van der Waals surface area contributed by atoms with Gasteiger partial charge in [-0.3, -0.25) is 19.3 Å². The van der Waals surface area contributed by atoms with Crippen LogP contribution in [-0.2, 0) is 9.59 Å². The molecule has 2 aromatic carbocycles. The number of ether oxygens (including phenoxy) is 1. The molecule has 162 valence electrons. The van der Waals surface area contributed by atoms with E-state index in [0.29, 0.717) is 24.4 Å². The summed E-state index contributed by atoms with van der Waals surface area (Å²) in [7, 11) is 0. The van der Waals surface area contributed by atoms with Gasteiger partial charge in [0.25, 0.3) is 11.1 Å². The number of nitrogens with zero attached hydrogens (tertiary/aromatic N) is 1. The Kier molecular flexibility index (Phi) is 7.89. The average molecular weight is 439 g/mol. The number of benzene rings is 2. The van der Waals surface area contributed by atoms with E-state index in [2.05, 4.69) is 5.32 Å². The lowest BCUT2D eigenvalue weighted by Gasteiger charge is -2.13. The highest BCUT2D eigenvalue weighted by atomic mass is 32.2. The third-order valence-electron chi connectivity index (χ3n) is 4.71. The lowest BCUT2D eigenvalue weighted by molar-refractivity contribution is -0.124. The van der Waals surface area contributed by atoms with E-state index < -0.39 is 0 Å². The zero-order valence-corrected chi connectivity index (χ0v) is 18.5. The largest absolute Gasteiger partial charge is 0.494 e. The van der Waals surface area contributed by atoms with Crippen LogP contribution in [0.25, 0.3) is 6.08 Å². The molecule has 0 radical (unpaired) electrons. The minimum absolute atomic E-state index is 0.130. The van der Waals surface area contributed by atoms with Crippen molar-refractivity contribution in [1.82, 2.24) is 10.2 Å². The lowest BCUT2D eigenvalue weighted by Crippen LogP contribution is -2.37. The maximum Gasteiger partial charge on any atom is 0.293 e. The van der Waals surface area contributed by atoms with Crippen molar-refractivity contribution < 1.29 is 19.1 Å². The molecule has 3 amide bonds. The predicted molar refractivity (Wildman–Crippen MR) is 123 cm³/mol. The SMILES string of the molecule is Cc1ccc(C=C2SC(=O)N(CCNC(=O)CCCOc3cccc(C)c3)C2=O)cc1. The van der Waals surface area contributed by atoms with Gasteiger partial charge in [0, 0.05) is 19.5 Å². The number of aryl methyl sites for hydroxylation is 2. The number of amides is 3. The Hall–Kier alpha value is -3.06. The van der Waals surface area contributed by atoms with Crippen molar-refractivity contribution in [2.75, 3.05) is 19.7 Å². The number of carbonyl (C=O) groups excluding carboxylic acids is 3. The molecule has 0 spiro atoms. The van der Waals surface area contributed by atoms with Gasteiger partial charge in [-0.05, 0) is 61.4 Å². The highest BCUT2D eigenvalue weighted by Gasteiger charge is 2.34. The molecule has 1 aliphatic rings. The molecule has 31 heavy (non-hydrogen) atoms. The summed E-state index contributed by atoms with van der Waals surface area (Å²) in [5.74, 6) is 0.338. The molecule has 3 rings (SSSR count). The Labute approximate surface area is 186 Å². The molecular weight excluding hydrogens is 412 g/mol. The molecule has 1 aliphatic heterocycles. The monoisotopic (exact) mass is 438 g/mol. The van der Waals surface area contributed by atoms with Crippen LogP contribution in [0.2, 0.25) is 0 Å². The third-order valence-corrected chi connectivity index (χ3v) is 5.62. The van der Waals surface area contributed by atoms with Gasteiger partial charge in [-0.1, -0.05) is 42.0 Å². The van der Waals surface area contributed by atoms with Crippen molar-refractivity contribution in [2.45, 2.75) is 26.7 Å². The molecule has 1 saturated heterocycles. The number of nitrogens with one attached hydrogen (secondary N) is 1. The number of carbonyl (C=O) groups is 3. The summed E-state index contributed by atoms with van der Waals surface area (Å²) in [5.41, 5.74) is 3.12. The number of thioether (sulfide) groups is 1. The van der Waals surface area contributed by atoms with E-state index in [-0.39, 0.29) is 30.1 Å². The summed E-state index contributed by atoms with van der Waals surface area (Å²) in [5, 5.41) is 2.44. The second-order valence-electron chi connectivity index (χ2n) is 7.36. The van der Waals surface area contributed by atoms with E-state index in [1.165, 1.54) is 4.90 Å². The van der Waals surface area contributed by atoms with E-state index in [4.69, 9.17) is 4.74 Å². The Morgan fingerprint density at radius 1 is 1.10 bits per heavy atom. The minimum atomic E-state index is -0.323. The molecule has 0 saturated carbocycles. The summed E-state index contributed by atoms with van der Waals surface area (Å²) in [6.45, 7) is 4.82. The van der Waals surface area contributed by atoms with Gasteiger partial charge in [-0.15, -0.1) is 0 Å². The molecule has 0 unspecified atom stereocenters. The zero-order valence-electron chi connectivity index (χ0n) is 17.7. The highest BCUT2D eigenvalue weighted by Crippen LogP contribution is 2.31. The van der Waals surface area contributed by atoms with Crippen molar-refractivity contribution in [2.24, 2.45) is 0 Å². The van der Waals surface area contributed by atoms with Crippen LogP contribution < -0.4 is 10.1 Å². The fourth-order valence-corrected chi connectivity index (χ4v) is 3.90. The van der Waals surface area contributed by atoms with Crippen LogP contribution in [0.15, 0.2) is 53.4 Å². The third kappa shape index (κ3) is 6.72. The first-order valence-corrected chi connectivity index (χ1v) is 11.0. The van der Waals surface area contributed by atoms with Crippen molar-refractivity contribution in [1.29, 1.82) is 0 Å². The zero-order chi connectivity index (χ0) is 22.2. The van der Waals surface area contributed by atoms with Gasteiger partial charge in [-0.2, -0.15) is 0 Å². The van der Waals surface area contributed by atoms with Crippen LogP contribution in [-0.4, -0.2) is 41.6 Å². The smallest absolute Gasteiger partial charge is 0.293 e. The van der Waals surface area contributed by atoms with E-state index in [9.17, 15) is 14.4 Å². The van der Waals surface area contributed by atoms with Crippen LogP contribution in [0.4, 0.5) is 4.79 Å². The molecule has 0 atom stereocenters. The molecule has 1 N–H and O–H groups in total. The van der Waals surface area contributed by atoms with Crippen LogP contribution >= 0.6 is 11.8 Å². The minimum Gasteiger partial charge on any atom is -0.494 e. The number of hydrogen-bond donors (Lipinski definition) is 1. The highest BCUT2D eigenvalue weighted by molar-refractivity contribution is 8.18. The first kappa shape index (κ1) is 22.6. The standard InChI is InChI=1S/C24H26N2O4S/c1-17-8-10-19(11-9-17)16-21-23(28)26(24(29)31-21)13-12-25-22(27)7-4-14-30-20-6-3-5-18(2)15-20/h3,5-6,8-11,15-16H,4,7,12-14H2,1-2H3,(H,25,27). The fourth-order valence-electron chi connectivity index (χ4n) is 3.03. The van der Waals surface area contributed by atoms with Crippen molar-refractivity contribution >= 4 is 34.9 Å². The van der Waals surface area contributed by atoms with E-state index in [0.717, 1.165) is 34.2 Å². The van der Waals surface area contributed by atoms with Crippen LogP contribution in [0.5, 0.6) is 5.75 Å². The number of rotatable bonds is 9. The van der Waals surface area contributed by atoms with E-state index >= 15 is 0 Å². The molecule has 0 aromatic heterocycles. The first-order valence-electron chi connectivity index (χ1n) is 10.2. The normalized spacial score (nSPS) is 14.9. The van der Waals surface area contributed by atoms with Crippen LogP contribution in [0, 0.1) is 13.8 Å².